The van der Waals surface area contributed by atoms with Gasteiger partial charge in [-0.2, -0.15) is 0 Å². The number of aliphatic hydroxyl groups is 1. The summed E-state index contributed by atoms with van der Waals surface area (Å²) in [4.78, 5) is 23.0. The number of amides is 1. The largest absolute Gasteiger partial charge is 0.472 e. The Morgan fingerprint density at radius 3 is 1.65 bits per heavy atom. The molecule has 0 rings (SSSR count). The number of nitrogens with one attached hydrogen (secondary N) is 1. The molecule has 0 aromatic rings. The van der Waals surface area contributed by atoms with Crippen LogP contribution in [0.5, 0.6) is 0 Å². The van der Waals surface area contributed by atoms with Gasteiger partial charge in [0.1, 0.15) is 13.2 Å². The van der Waals surface area contributed by atoms with Crippen molar-refractivity contribution in [1.82, 2.24) is 5.32 Å². The molecule has 1 amide bonds. The highest BCUT2D eigenvalue weighted by Crippen LogP contribution is 2.43. The number of carbonyl (C=O) groups is 1. The fraction of sp³-hybridized carbons (Fsp3) is 0.744. The normalized spacial score (nSPS) is 15.1. The van der Waals surface area contributed by atoms with E-state index in [2.05, 4.69) is 67.8 Å². The molecule has 0 heterocycles. The van der Waals surface area contributed by atoms with E-state index in [0.29, 0.717) is 17.4 Å². The van der Waals surface area contributed by atoms with Gasteiger partial charge < -0.3 is 19.8 Å². The quantitative estimate of drug-likeness (QED) is 0.0255. The molecular formula is C43H80N2O6P+. The highest BCUT2D eigenvalue weighted by Gasteiger charge is 2.27. The maximum absolute atomic E-state index is 12.8. The standard InChI is InChI=1S/C43H79N2O6P/c1-6-8-10-12-14-16-18-20-21-22-23-25-27-29-31-33-35-37-43(47)44-41(40-51-52(48,49)50-39-38-45(3,4)5)42(46)36-34-32-30-28-26-24-19-17-15-13-11-9-7-2/h14-17,20-21,26,28,34,36,41-42,46H,6-13,18-19,22-25,27,29-33,35,37-40H2,1-5H3,(H-,44,47,48,49)/p+1/b16-14-,17-15+,21-20-,28-26+,36-34+. The van der Waals surface area contributed by atoms with Crippen LogP contribution in [0.4, 0.5) is 0 Å². The number of nitrogens with zero attached hydrogens (tertiary/aromatic N) is 1. The third-order valence-electron chi connectivity index (χ3n) is 8.69. The Kier molecular flexibility index (Phi) is 33.7. The van der Waals surface area contributed by atoms with Crippen LogP contribution < -0.4 is 5.32 Å². The number of allylic oxidation sites excluding steroid dienone is 9. The van der Waals surface area contributed by atoms with E-state index in [4.69, 9.17) is 9.05 Å². The van der Waals surface area contributed by atoms with E-state index in [0.717, 1.165) is 70.6 Å². The van der Waals surface area contributed by atoms with Gasteiger partial charge in [-0.1, -0.05) is 132 Å². The molecule has 0 bridgehead atoms. The lowest BCUT2D eigenvalue weighted by Gasteiger charge is -2.25. The van der Waals surface area contributed by atoms with Crippen molar-refractivity contribution in [1.29, 1.82) is 0 Å². The lowest BCUT2D eigenvalue weighted by atomic mass is 10.1. The monoisotopic (exact) mass is 752 g/mol. The lowest BCUT2D eigenvalue weighted by molar-refractivity contribution is -0.870. The predicted molar refractivity (Wildman–Crippen MR) is 221 cm³/mol. The average molecular weight is 752 g/mol. The van der Waals surface area contributed by atoms with Gasteiger partial charge in [-0.05, 0) is 77.0 Å². The van der Waals surface area contributed by atoms with Crippen molar-refractivity contribution in [3.05, 3.63) is 60.8 Å². The van der Waals surface area contributed by atoms with Crippen molar-refractivity contribution in [2.75, 3.05) is 40.9 Å². The molecule has 3 N–H and O–H groups in total. The minimum atomic E-state index is -4.35. The molecule has 0 saturated heterocycles. The van der Waals surface area contributed by atoms with Gasteiger partial charge in [0.15, 0.2) is 0 Å². The van der Waals surface area contributed by atoms with Crippen LogP contribution >= 0.6 is 7.82 Å². The van der Waals surface area contributed by atoms with Gasteiger partial charge in [-0.15, -0.1) is 0 Å². The van der Waals surface area contributed by atoms with Gasteiger partial charge in [0.2, 0.25) is 5.91 Å². The van der Waals surface area contributed by atoms with Gasteiger partial charge >= 0.3 is 7.82 Å². The summed E-state index contributed by atoms with van der Waals surface area (Å²) in [6, 6.07) is -0.873. The maximum atomic E-state index is 12.8. The second-order valence-electron chi connectivity index (χ2n) is 15.0. The smallest absolute Gasteiger partial charge is 0.387 e. The third kappa shape index (κ3) is 36.6. The Labute approximate surface area is 320 Å². The molecule has 0 spiro atoms. The van der Waals surface area contributed by atoms with Crippen LogP contribution in [0, 0.1) is 0 Å². The molecule has 3 atom stereocenters. The molecule has 9 heteroatoms. The summed E-state index contributed by atoms with van der Waals surface area (Å²) in [5.41, 5.74) is 0. The Hall–Kier alpha value is -1.80. The first-order chi connectivity index (χ1) is 25.0. The van der Waals surface area contributed by atoms with Crippen LogP contribution in [0.2, 0.25) is 0 Å². The summed E-state index contributed by atoms with van der Waals surface area (Å²) in [6.45, 7) is 4.69. The molecule has 0 aromatic carbocycles. The zero-order valence-electron chi connectivity index (χ0n) is 34.0. The van der Waals surface area contributed by atoms with Crippen molar-refractivity contribution in [3.8, 4) is 0 Å². The van der Waals surface area contributed by atoms with E-state index < -0.39 is 20.0 Å². The number of aliphatic hydroxyl groups excluding tert-OH is 1. The van der Waals surface area contributed by atoms with Crippen molar-refractivity contribution >= 4 is 13.7 Å². The molecular weight excluding hydrogens is 671 g/mol. The highest BCUT2D eigenvalue weighted by molar-refractivity contribution is 7.47. The molecule has 3 unspecified atom stereocenters. The number of phosphoric acid groups is 1. The molecule has 52 heavy (non-hydrogen) atoms. The SMILES string of the molecule is CCCCC/C=C\C/C=C\CCCCCCCCCC(=O)NC(COP(=O)(O)OCC[N+](C)(C)C)C(O)/C=C/CC/C=C/CC/C=C/CCCCC. The summed E-state index contributed by atoms with van der Waals surface area (Å²) >= 11 is 0. The number of unbranched alkanes of at least 4 members (excludes halogenated alkanes) is 15. The van der Waals surface area contributed by atoms with E-state index >= 15 is 0 Å². The predicted octanol–water partition coefficient (Wildman–Crippen LogP) is 11.1. The van der Waals surface area contributed by atoms with Gasteiger partial charge in [-0.25, -0.2) is 4.57 Å². The molecule has 0 saturated carbocycles. The van der Waals surface area contributed by atoms with Crippen molar-refractivity contribution in [2.24, 2.45) is 0 Å². The Morgan fingerprint density at radius 1 is 0.654 bits per heavy atom. The minimum absolute atomic E-state index is 0.0493. The fourth-order valence-corrected chi connectivity index (χ4v) is 6.07. The molecule has 302 valence electrons. The number of hydrogen-bond donors (Lipinski definition) is 3. The molecule has 0 aliphatic rings. The van der Waals surface area contributed by atoms with Crippen LogP contribution in [0.1, 0.15) is 155 Å². The Bertz CT molecular complexity index is 1030. The van der Waals surface area contributed by atoms with Crippen molar-refractivity contribution in [2.45, 2.75) is 167 Å². The third-order valence-corrected chi connectivity index (χ3v) is 9.67. The molecule has 0 radical (unpaired) electrons. The van der Waals surface area contributed by atoms with Crippen LogP contribution in [-0.2, 0) is 18.4 Å². The number of carbonyl (C=O) groups excluding carboxylic acids is 1. The van der Waals surface area contributed by atoms with E-state index in [1.165, 1.54) is 64.2 Å². The fourth-order valence-electron chi connectivity index (χ4n) is 5.34. The average Bonchev–Trinajstić information content (AvgIpc) is 3.09. The van der Waals surface area contributed by atoms with Gasteiger partial charge in [0.05, 0.1) is 39.9 Å². The highest BCUT2D eigenvalue weighted by atomic mass is 31.2. The van der Waals surface area contributed by atoms with Crippen LogP contribution in [0.25, 0.3) is 0 Å². The Morgan fingerprint density at radius 2 is 1.12 bits per heavy atom. The minimum Gasteiger partial charge on any atom is -0.387 e. The van der Waals surface area contributed by atoms with Crippen LogP contribution in [0.3, 0.4) is 0 Å². The number of quaternary nitrogens is 1. The first-order valence-corrected chi connectivity index (χ1v) is 22.2. The number of likely N-dealkylation sites (N-methyl/N-ethyl adjacent to an activating group) is 1. The second kappa shape index (κ2) is 34.9. The summed E-state index contributed by atoms with van der Waals surface area (Å²) in [7, 11) is 1.53. The number of phosphoric ester groups is 1. The summed E-state index contributed by atoms with van der Waals surface area (Å²) in [5, 5.41) is 13.7. The van der Waals surface area contributed by atoms with E-state index in [1.807, 2.05) is 27.2 Å². The zero-order valence-corrected chi connectivity index (χ0v) is 34.9. The summed E-state index contributed by atoms with van der Waals surface area (Å²) in [5.74, 6) is -0.204. The van der Waals surface area contributed by atoms with Gasteiger partial charge in [-0.3, -0.25) is 13.8 Å². The molecule has 0 fully saturated rings. The van der Waals surface area contributed by atoms with E-state index in [-0.39, 0.29) is 19.1 Å². The summed E-state index contributed by atoms with van der Waals surface area (Å²) in [6.07, 6.45) is 44.3. The maximum Gasteiger partial charge on any atom is 0.472 e. The zero-order chi connectivity index (χ0) is 38.6. The van der Waals surface area contributed by atoms with E-state index in [1.54, 1.807) is 6.08 Å². The van der Waals surface area contributed by atoms with Crippen LogP contribution in [-0.4, -0.2) is 73.4 Å². The lowest BCUT2D eigenvalue weighted by Crippen LogP contribution is -2.45. The first kappa shape index (κ1) is 50.2. The first-order valence-electron chi connectivity index (χ1n) is 20.7. The topological polar surface area (TPSA) is 105 Å². The number of rotatable bonds is 36. The van der Waals surface area contributed by atoms with Gasteiger partial charge in [0.25, 0.3) is 0 Å². The van der Waals surface area contributed by atoms with Crippen LogP contribution in [0.15, 0.2) is 60.8 Å². The molecule has 0 aliphatic heterocycles. The Balaban J connectivity index is 4.55. The molecule has 0 aromatic heterocycles. The second-order valence-corrected chi connectivity index (χ2v) is 16.4. The van der Waals surface area contributed by atoms with Gasteiger partial charge in [0, 0.05) is 6.42 Å². The summed E-state index contributed by atoms with van der Waals surface area (Å²) < 4.78 is 23.5. The molecule has 0 aliphatic carbocycles. The molecule has 8 nitrogen and oxygen atoms in total. The van der Waals surface area contributed by atoms with E-state index in [9.17, 15) is 19.4 Å². The van der Waals surface area contributed by atoms with Crippen molar-refractivity contribution < 1.29 is 32.9 Å². The number of hydrogen-bond acceptors (Lipinski definition) is 5. The van der Waals surface area contributed by atoms with Crippen molar-refractivity contribution in [3.63, 3.8) is 0 Å².